The van der Waals surface area contributed by atoms with Crippen molar-refractivity contribution in [2.75, 3.05) is 11.9 Å². The summed E-state index contributed by atoms with van der Waals surface area (Å²) in [6.07, 6.45) is 1.49. The molecule has 0 saturated carbocycles. The molecule has 202 valence electrons. The largest absolute Gasteiger partial charge is 0.483 e. The van der Waals surface area contributed by atoms with Gasteiger partial charge < -0.3 is 14.5 Å². The van der Waals surface area contributed by atoms with Crippen molar-refractivity contribution in [1.82, 2.24) is 9.66 Å². The molecule has 0 atom stereocenters. The molecule has 1 N–H and O–H groups in total. The van der Waals surface area contributed by atoms with Crippen molar-refractivity contribution < 1.29 is 13.9 Å². The van der Waals surface area contributed by atoms with Gasteiger partial charge in [-0.25, -0.2) is 4.98 Å². The van der Waals surface area contributed by atoms with Crippen LogP contribution in [0, 0.1) is 0 Å². The molecule has 0 aliphatic rings. The third kappa shape index (κ3) is 5.77. The van der Waals surface area contributed by atoms with Crippen LogP contribution in [0.5, 0.6) is 5.75 Å². The summed E-state index contributed by atoms with van der Waals surface area (Å²) in [4.78, 5) is 30.8. The number of benzene rings is 4. The maximum atomic E-state index is 13.6. The molecule has 0 aliphatic heterocycles. The minimum atomic E-state index is -0.359. The van der Waals surface area contributed by atoms with E-state index < -0.39 is 0 Å². The maximum Gasteiger partial charge on any atom is 0.282 e. The zero-order valence-corrected chi connectivity index (χ0v) is 23.6. The molecule has 4 aromatic carbocycles. The molecule has 41 heavy (non-hydrogen) atoms. The Morgan fingerprint density at radius 3 is 2.63 bits per heavy atom. The molecule has 2 heterocycles. The van der Waals surface area contributed by atoms with Gasteiger partial charge in [-0.3, -0.25) is 9.59 Å². The molecule has 0 radical (unpaired) electrons. The number of aromatic nitrogens is 2. The number of para-hydroxylation sites is 2. The van der Waals surface area contributed by atoms with E-state index in [0.29, 0.717) is 44.3 Å². The predicted molar refractivity (Wildman–Crippen MR) is 164 cm³/mol. The average Bonchev–Trinajstić information content (AvgIpc) is 3.42. The first-order chi connectivity index (χ1) is 19.9. The summed E-state index contributed by atoms with van der Waals surface area (Å²) in [6.45, 7) is -0.243. The van der Waals surface area contributed by atoms with Crippen molar-refractivity contribution in [3.63, 3.8) is 0 Å². The van der Waals surface area contributed by atoms with Crippen LogP contribution in [-0.2, 0) is 4.79 Å². The summed E-state index contributed by atoms with van der Waals surface area (Å²) >= 11 is 9.38. The zero-order chi connectivity index (χ0) is 28.3. The number of furan rings is 1. The lowest BCUT2D eigenvalue weighted by molar-refractivity contribution is -0.118. The first-order valence-electron chi connectivity index (χ1n) is 12.5. The lowest BCUT2D eigenvalue weighted by Gasteiger charge is -2.11. The van der Waals surface area contributed by atoms with E-state index in [1.807, 2.05) is 36.4 Å². The minimum Gasteiger partial charge on any atom is -0.483 e. The van der Waals surface area contributed by atoms with Crippen molar-refractivity contribution in [2.45, 2.75) is 0 Å². The number of hydrogen-bond donors (Lipinski definition) is 1. The van der Waals surface area contributed by atoms with Gasteiger partial charge in [0.1, 0.15) is 11.3 Å². The van der Waals surface area contributed by atoms with Crippen LogP contribution in [0.2, 0.25) is 5.02 Å². The van der Waals surface area contributed by atoms with Gasteiger partial charge in [0.2, 0.25) is 5.82 Å². The van der Waals surface area contributed by atoms with Crippen LogP contribution >= 0.6 is 27.5 Å². The second kappa shape index (κ2) is 11.4. The highest BCUT2D eigenvalue weighted by Gasteiger charge is 2.17. The van der Waals surface area contributed by atoms with Crippen molar-refractivity contribution in [2.24, 2.45) is 5.10 Å². The normalized spacial score (nSPS) is 11.4. The van der Waals surface area contributed by atoms with Crippen LogP contribution in [0.3, 0.4) is 0 Å². The molecular weight excluding hydrogens is 608 g/mol. The van der Waals surface area contributed by atoms with E-state index >= 15 is 0 Å². The number of fused-ring (bicyclic) bond motifs is 2. The summed E-state index contributed by atoms with van der Waals surface area (Å²) in [6, 6.07) is 28.5. The highest BCUT2D eigenvalue weighted by Crippen LogP contribution is 2.27. The van der Waals surface area contributed by atoms with Gasteiger partial charge in [-0.15, -0.1) is 0 Å². The third-order valence-corrected chi connectivity index (χ3v) is 6.92. The zero-order valence-electron chi connectivity index (χ0n) is 21.3. The number of carbonyl (C=O) groups excluding carboxylic acids is 1. The smallest absolute Gasteiger partial charge is 0.282 e. The highest BCUT2D eigenvalue weighted by molar-refractivity contribution is 9.10. The van der Waals surface area contributed by atoms with E-state index in [0.717, 1.165) is 9.86 Å². The lowest BCUT2D eigenvalue weighted by Crippen LogP contribution is -2.21. The predicted octanol–water partition coefficient (Wildman–Crippen LogP) is 7.13. The van der Waals surface area contributed by atoms with Gasteiger partial charge in [-0.1, -0.05) is 57.9 Å². The number of anilines is 1. The monoisotopic (exact) mass is 626 g/mol. The Bertz CT molecular complexity index is 1970. The van der Waals surface area contributed by atoms with Gasteiger partial charge in [0.05, 0.1) is 17.1 Å². The molecule has 6 rings (SSSR count). The second-order valence-electron chi connectivity index (χ2n) is 8.99. The summed E-state index contributed by atoms with van der Waals surface area (Å²) in [5.74, 6) is 0.701. The van der Waals surface area contributed by atoms with Crippen molar-refractivity contribution in [3.05, 3.63) is 122 Å². The number of nitrogens with zero attached hydrogens (tertiary/aromatic N) is 3. The van der Waals surface area contributed by atoms with Gasteiger partial charge in [-0.05, 0) is 66.7 Å². The Labute approximate surface area is 247 Å². The fraction of sp³-hybridized carbons (Fsp3) is 0.0323. The first kappa shape index (κ1) is 26.5. The fourth-order valence-corrected chi connectivity index (χ4v) is 4.73. The molecule has 1 amide bonds. The maximum absolute atomic E-state index is 13.6. The highest BCUT2D eigenvalue weighted by atomic mass is 79.9. The van der Waals surface area contributed by atoms with Crippen LogP contribution in [0.4, 0.5) is 5.69 Å². The molecule has 0 fully saturated rings. The third-order valence-electron chi connectivity index (χ3n) is 6.17. The van der Waals surface area contributed by atoms with Crippen LogP contribution in [0.1, 0.15) is 5.56 Å². The summed E-state index contributed by atoms with van der Waals surface area (Å²) in [5.41, 5.74) is 1.97. The molecule has 0 aliphatic carbocycles. The van der Waals surface area contributed by atoms with E-state index in [1.165, 1.54) is 10.9 Å². The number of nitrogens with one attached hydrogen (secondary N) is 1. The molecule has 8 nitrogen and oxygen atoms in total. The van der Waals surface area contributed by atoms with Gasteiger partial charge in [-0.2, -0.15) is 9.78 Å². The Morgan fingerprint density at radius 1 is 1.02 bits per heavy atom. The van der Waals surface area contributed by atoms with Crippen LogP contribution < -0.4 is 15.6 Å². The lowest BCUT2D eigenvalue weighted by atomic mass is 10.2. The molecule has 0 spiro atoms. The topological polar surface area (TPSA) is 98.7 Å². The van der Waals surface area contributed by atoms with E-state index in [9.17, 15) is 9.59 Å². The summed E-state index contributed by atoms with van der Waals surface area (Å²) in [7, 11) is 0. The van der Waals surface area contributed by atoms with Crippen molar-refractivity contribution >= 4 is 67.2 Å². The number of hydrogen-bond acceptors (Lipinski definition) is 6. The van der Waals surface area contributed by atoms with Gasteiger partial charge in [0.15, 0.2) is 12.4 Å². The molecule has 0 saturated heterocycles. The first-order valence-corrected chi connectivity index (χ1v) is 13.6. The minimum absolute atomic E-state index is 0.243. The SMILES string of the molecule is O=C(COc1ccc(Br)cc1C=Nn1c(-c2cc3ccccc3o2)nc2ccccc2c1=O)Nc1ccc(Cl)cc1. The number of ether oxygens (including phenoxy) is 1. The number of halogens is 2. The number of rotatable bonds is 7. The standard InChI is InChI=1S/C31H20BrClN4O4/c32-21-9-14-26(40-18-29(38)35-23-12-10-22(33)11-13-23)20(15-21)17-34-37-30(28-16-19-5-1-4-8-27(19)41-28)36-25-7-3-2-6-24(25)31(37)39/h1-17H,18H2,(H,35,38). The Balaban J connectivity index is 1.34. The summed E-state index contributed by atoms with van der Waals surface area (Å²) < 4.78 is 13.8. The van der Waals surface area contributed by atoms with E-state index in [2.05, 4.69) is 26.3 Å². The Morgan fingerprint density at radius 2 is 1.80 bits per heavy atom. The van der Waals surface area contributed by atoms with Gasteiger partial charge in [0, 0.05) is 26.1 Å². The Kier molecular flexibility index (Phi) is 7.37. The second-order valence-corrected chi connectivity index (χ2v) is 10.3. The number of carbonyl (C=O) groups is 1. The summed E-state index contributed by atoms with van der Waals surface area (Å²) in [5, 5.41) is 9.14. The quantitative estimate of drug-likeness (QED) is 0.190. The Hall–Kier alpha value is -4.73. The molecule has 0 bridgehead atoms. The van der Waals surface area contributed by atoms with E-state index in [1.54, 1.807) is 60.7 Å². The van der Waals surface area contributed by atoms with Gasteiger partial charge >= 0.3 is 0 Å². The van der Waals surface area contributed by atoms with E-state index in [-0.39, 0.29) is 23.9 Å². The van der Waals surface area contributed by atoms with Crippen LogP contribution in [-0.4, -0.2) is 28.4 Å². The van der Waals surface area contributed by atoms with Crippen molar-refractivity contribution in [3.8, 4) is 17.3 Å². The fourth-order valence-electron chi connectivity index (χ4n) is 4.23. The molecule has 0 unspecified atom stereocenters. The molecule has 6 aromatic rings. The van der Waals surface area contributed by atoms with Crippen molar-refractivity contribution in [1.29, 1.82) is 0 Å². The number of amides is 1. The molecular formula is C31H20BrClN4O4. The molecule has 10 heteroatoms. The van der Waals surface area contributed by atoms with E-state index in [4.69, 9.17) is 25.7 Å². The molecule has 2 aromatic heterocycles. The van der Waals surface area contributed by atoms with Crippen LogP contribution in [0.25, 0.3) is 33.5 Å². The average molecular weight is 628 g/mol. The van der Waals surface area contributed by atoms with Gasteiger partial charge in [0.25, 0.3) is 11.5 Å². The van der Waals surface area contributed by atoms with Crippen LogP contribution in [0.15, 0.2) is 116 Å².